The number of para-hydroxylation sites is 2. The van der Waals surface area contributed by atoms with Crippen LogP contribution in [-0.4, -0.2) is 36.1 Å². The van der Waals surface area contributed by atoms with E-state index in [1.165, 1.54) is 0 Å². The summed E-state index contributed by atoms with van der Waals surface area (Å²) in [6.07, 6.45) is -1.21. The van der Waals surface area contributed by atoms with Crippen molar-refractivity contribution in [2.75, 3.05) is 6.54 Å². The van der Waals surface area contributed by atoms with E-state index >= 15 is 0 Å². The predicted molar refractivity (Wildman–Crippen MR) is 81.9 cm³/mol. The fraction of sp³-hybridized carbons (Fsp3) is 0.500. The normalized spacial score (nSPS) is 20.2. The Labute approximate surface area is 130 Å². The first-order valence-corrected chi connectivity index (χ1v) is 7.27. The van der Waals surface area contributed by atoms with Crippen LogP contribution in [0.4, 0.5) is 0 Å². The maximum absolute atomic E-state index is 12.2. The first-order chi connectivity index (χ1) is 10.3. The van der Waals surface area contributed by atoms with Crippen molar-refractivity contribution in [1.82, 2.24) is 10.6 Å². The molecule has 0 saturated heterocycles. The molecular weight excluding hydrogens is 284 g/mol. The Bertz CT molecular complexity index is 566. The Kier molecular flexibility index (Phi) is 4.59. The molecular formula is C16H22N2O4. The van der Waals surface area contributed by atoms with Crippen molar-refractivity contribution in [3.8, 4) is 11.5 Å². The van der Waals surface area contributed by atoms with Gasteiger partial charge in [-0.1, -0.05) is 12.1 Å². The summed E-state index contributed by atoms with van der Waals surface area (Å²) in [4.78, 5) is 23.9. The van der Waals surface area contributed by atoms with E-state index in [1.807, 2.05) is 32.9 Å². The number of nitrogens with one attached hydrogen (secondary N) is 2. The number of carbonyl (C=O) groups is 2. The Morgan fingerprint density at radius 2 is 1.73 bits per heavy atom. The Morgan fingerprint density at radius 1 is 1.14 bits per heavy atom. The molecule has 0 unspecified atom stereocenters. The highest BCUT2D eigenvalue weighted by molar-refractivity contribution is 5.87. The van der Waals surface area contributed by atoms with Gasteiger partial charge in [-0.25, -0.2) is 0 Å². The fourth-order valence-electron chi connectivity index (χ4n) is 2.14. The molecule has 2 rings (SSSR count). The average molecular weight is 306 g/mol. The minimum Gasteiger partial charge on any atom is -0.482 e. The fourth-order valence-corrected chi connectivity index (χ4v) is 2.14. The van der Waals surface area contributed by atoms with Crippen LogP contribution in [-0.2, 0) is 9.59 Å². The van der Waals surface area contributed by atoms with Crippen LogP contribution in [0.15, 0.2) is 24.3 Å². The molecule has 1 heterocycles. The molecule has 6 heteroatoms. The Morgan fingerprint density at radius 3 is 2.32 bits per heavy atom. The molecule has 120 valence electrons. The molecule has 2 atom stereocenters. The van der Waals surface area contributed by atoms with Crippen LogP contribution >= 0.6 is 0 Å². The summed E-state index contributed by atoms with van der Waals surface area (Å²) in [7, 11) is 0. The molecule has 0 spiro atoms. The topological polar surface area (TPSA) is 76.7 Å². The molecule has 1 aromatic rings. The third kappa shape index (κ3) is 4.13. The van der Waals surface area contributed by atoms with E-state index in [0.29, 0.717) is 11.5 Å². The zero-order chi connectivity index (χ0) is 16.3. The molecule has 0 saturated carbocycles. The number of carbonyl (C=O) groups excluding carboxylic acids is 2. The number of hydrogen-bond donors (Lipinski definition) is 2. The van der Waals surface area contributed by atoms with Gasteiger partial charge in [0.15, 0.2) is 11.5 Å². The van der Waals surface area contributed by atoms with E-state index < -0.39 is 12.2 Å². The third-order valence-electron chi connectivity index (χ3n) is 3.04. The van der Waals surface area contributed by atoms with Gasteiger partial charge in [-0.2, -0.15) is 0 Å². The molecule has 0 fully saturated rings. The zero-order valence-corrected chi connectivity index (χ0v) is 13.3. The predicted octanol–water partition coefficient (Wildman–Crippen LogP) is 1.25. The van der Waals surface area contributed by atoms with Crippen molar-refractivity contribution in [3.05, 3.63) is 24.3 Å². The summed E-state index contributed by atoms with van der Waals surface area (Å²) in [5.41, 5.74) is -0.335. The van der Waals surface area contributed by atoms with Gasteiger partial charge in [-0.05, 0) is 39.8 Å². The lowest BCUT2D eigenvalue weighted by Gasteiger charge is -2.31. The first-order valence-electron chi connectivity index (χ1n) is 7.27. The van der Waals surface area contributed by atoms with E-state index in [0.717, 1.165) is 0 Å². The van der Waals surface area contributed by atoms with E-state index in [2.05, 4.69) is 10.6 Å². The number of benzene rings is 1. The minimum absolute atomic E-state index is 0.0929. The molecule has 1 aliphatic rings. The smallest absolute Gasteiger partial charge is 0.265 e. The third-order valence-corrected chi connectivity index (χ3v) is 3.04. The van der Waals surface area contributed by atoms with Gasteiger partial charge in [-0.15, -0.1) is 0 Å². The summed E-state index contributed by atoms with van der Waals surface area (Å²) < 4.78 is 11.3. The molecule has 1 aromatic carbocycles. The summed E-state index contributed by atoms with van der Waals surface area (Å²) in [5.74, 6) is 0.529. The molecule has 6 nitrogen and oxygen atoms in total. The molecule has 0 bridgehead atoms. The van der Waals surface area contributed by atoms with Crippen LogP contribution in [0.3, 0.4) is 0 Å². The standard InChI is InChI=1S/C16H22N2O4/c1-10-14(22-12-8-6-5-7-11(12)21-10)15(20)17-9-13(19)18-16(2,3)4/h5-8,10,14H,9H2,1-4H3,(H,17,20)(H,18,19)/t10-,14+/m1/s1. The molecule has 0 radical (unpaired) electrons. The SMILES string of the molecule is C[C@H]1Oc2ccccc2O[C@@H]1C(=O)NCC(=O)NC(C)(C)C. The van der Waals surface area contributed by atoms with Crippen LogP contribution in [0.25, 0.3) is 0 Å². The number of hydrogen-bond acceptors (Lipinski definition) is 4. The lowest BCUT2D eigenvalue weighted by molar-refractivity contribution is -0.135. The largest absolute Gasteiger partial charge is 0.482 e. The average Bonchev–Trinajstić information content (AvgIpc) is 2.42. The van der Waals surface area contributed by atoms with Crippen LogP contribution in [0.2, 0.25) is 0 Å². The van der Waals surface area contributed by atoms with Crippen molar-refractivity contribution in [1.29, 1.82) is 0 Å². The first kappa shape index (κ1) is 16.1. The summed E-state index contributed by atoms with van der Waals surface area (Å²) in [5, 5.41) is 5.36. The van der Waals surface area contributed by atoms with Crippen LogP contribution < -0.4 is 20.1 Å². The number of ether oxygens (including phenoxy) is 2. The summed E-state index contributed by atoms with van der Waals surface area (Å²) in [6.45, 7) is 7.30. The molecule has 22 heavy (non-hydrogen) atoms. The maximum atomic E-state index is 12.2. The van der Waals surface area contributed by atoms with Crippen molar-refractivity contribution < 1.29 is 19.1 Å². The second kappa shape index (κ2) is 6.25. The van der Waals surface area contributed by atoms with E-state index in [4.69, 9.17) is 9.47 Å². The Hall–Kier alpha value is -2.24. The lowest BCUT2D eigenvalue weighted by Crippen LogP contribution is -2.52. The monoisotopic (exact) mass is 306 g/mol. The highest BCUT2D eigenvalue weighted by Gasteiger charge is 2.34. The second-order valence-corrected chi connectivity index (χ2v) is 6.32. The van der Waals surface area contributed by atoms with Crippen molar-refractivity contribution >= 4 is 11.8 Å². The quantitative estimate of drug-likeness (QED) is 0.881. The van der Waals surface area contributed by atoms with Gasteiger partial charge in [0.05, 0.1) is 6.54 Å². The lowest BCUT2D eigenvalue weighted by atomic mass is 10.1. The summed E-state index contributed by atoms with van der Waals surface area (Å²) in [6, 6.07) is 7.18. The second-order valence-electron chi connectivity index (χ2n) is 6.32. The molecule has 1 aliphatic heterocycles. The molecule has 2 N–H and O–H groups in total. The van der Waals surface area contributed by atoms with Crippen molar-refractivity contribution in [2.24, 2.45) is 0 Å². The van der Waals surface area contributed by atoms with E-state index in [-0.39, 0.29) is 23.9 Å². The number of amides is 2. The van der Waals surface area contributed by atoms with Gasteiger partial charge in [-0.3, -0.25) is 9.59 Å². The molecule has 0 aromatic heterocycles. The van der Waals surface area contributed by atoms with Gasteiger partial charge in [0.2, 0.25) is 12.0 Å². The van der Waals surface area contributed by atoms with E-state index in [9.17, 15) is 9.59 Å². The molecule has 0 aliphatic carbocycles. The number of rotatable bonds is 3. The number of fused-ring (bicyclic) bond motifs is 1. The van der Waals surface area contributed by atoms with Crippen LogP contribution in [0.5, 0.6) is 11.5 Å². The van der Waals surface area contributed by atoms with Gasteiger partial charge in [0.1, 0.15) is 6.10 Å². The van der Waals surface area contributed by atoms with Gasteiger partial charge < -0.3 is 20.1 Å². The van der Waals surface area contributed by atoms with Crippen LogP contribution in [0.1, 0.15) is 27.7 Å². The van der Waals surface area contributed by atoms with Gasteiger partial charge in [0, 0.05) is 5.54 Å². The highest BCUT2D eigenvalue weighted by Crippen LogP contribution is 2.33. The van der Waals surface area contributed by atoms with Crippen molar-refractivity contribution in [2.45, 2.75) is 45.4 Å². The highest BCUT2D eigenvalue weighted by atomic mass is 16.6. The van der Waals surface area contributed by atoms with Crippen LogP contribution in [0, 0.1) is 0 Å². The van der Waals surface area contributed by atoms with E-state index in [1.54, 1.807) is 19.1 Å². The Balaban J connectivity index is 1.92. The maximum Gasteiger partial charge on any atom is 0.265 e. The van der Waals surface area contributed by atoms with Crippen molar-refractivity contribution in [3.63, 3.8) is 0 Å². The molecule has 2 amide bonds. The minimum atomic E-state index is -0.780. The van der Waals surface area contributed by atoms with Gasteiger partial charge in [0.25, 0.3) is 5.91 Å². The zero-order valence-electron chi connectivity index (χ0n) is 13.3. The summed E-state index contributed by atoms with van der Waals surface area (Å²) >= 11 is 0. The van der Waals surface area contributed by atoms with Gasteiger partial charge >= 0.3 is 0 Å².